The standard InChI is InChI=1S/3C4H9.C3H6N.Sn/c3*1-3-4-2;1-2-3-4;/h3*1,3-4H2,2H3;2,4H,1,3H2;/q;;;-1;+1. The van der Waals surface area contributed by atoms with E-state index in [0.29, 0.717) is 0 Å². The summed E-state index contributed by atoms with van der Waals surface area (Å²) in [6, 6.07) is 0. The summed E-state index contributed by atoms with van der Waals surface area (Å²) in [5.41, 5.74) is 0. The molecule has 0 heterocycles. The van der Waals surface area contributed by atoms with E-state index in [4.69, 9.17) is 0 Å². The van der Waals surface area contributed by atoms with E-state index in [1.54, 1.807) is 13.3 Å². The van der Waals surface area contributed by atoms with Gasteiger partial charge in [0.2, 0.25) is 0 Å². The molecular formula is C15H33NSn. The van der Waals surface area contributed by atoms with E-state index in [9.17, 15) is 0 Å². The summed E-state index contributed by atoms with van der Waals surface area (Å²) >= 11 is -2.01. The summed E-state index contributed by atoms with van der Waals surface area (Å²) in [7, 11) is 0. The Morgan fingerprint density at radius 2 is 1.29 bits per heavy atom. The van der Waals surface area contributed by atoms with Gasteiger partial charge in [-0.25, -0.2) is 0 Å². The van der Waals surface area contributed by atoms with Crippen molar-refractivity contribution in [1.82, 2.24) is 3.54 Å². The molecule has 0 saturated heterocycles. The molecule has 0 bridgehead atoms. The average molecular weight is 346 g/mol. The Morgan fingerprint density at radius 1 is 0.882 bits per heavy atom. The van der Waals surface area contributed by atoms with Crippen molar-refractivity contribution in [3.8, 4) is 0 Å². The molecule has 0 fully saturated rings. The van der Waals surface area contributed by atoms with Crippen molar-refractivity contribution in [2.75, 3.05) is 6.54 Å². The third-order valence-electron chi connectivity index (χ3n) is 3.65. The molecular weight excluding hydrogens is 313 g/mol. The van der Waals surface area contributed by atoms with Crippen LogP contribution in [0, 0.1) is 0 Å². The Bertz CT molecular complexity index is 158. The van der Waals surface area contributed by atoms with Gasteiger partial charge in [0.1, 0.15) is 0 Å². The van der Waals surface area contributed by atoms with Gasteiger partial charge in [-0.3, -0.25) is 0 Å². The molecule has 17 heavy (non-hydrogen) atoms. The van der Waals surface area contributed by atoms with Crippen LogP contribution in [0.15, 0.2) is 12.7 Å². The Balaban J connectivity index is 4.44. The molecule has 0 aromatic heterocycles. The van der Waals surface area contributed by atoms with E-state index in [0.717, 1.165) is 6.54 Å². The molecule has 0 aliphatic rings. The van der Waals surface area contributed by atoms with Gasteiger partial charge in [-0.15, -0.1) is 0 Å². The zero-order valence-electron chi connectivity index (χ0n) is 12.4. The fourth-order valence-electron chi connectivity index (χ4n) is 2.47. The second kappa shape index (κ2) is 11.6. The molecule has 0 aliphatic carbocycles. The Kier molecular flexibility index (Phi) is 11.9. The van der Waals surface area contributed by atoms with Crippen LogP contribution >= 0.6 is 0 Å². The Hall–Kier alpha value is 0.499. The van der Waals surface area contributed by atoms with Crippen LogP contribution < -0.4 is 3.54 Å². The van der Waals surface area contributed by atoms with Gasteiger partial charge in [-0.2, -0.15) is 0 Å². The molecule has 0 spiro atoms. The molecule has 1 N–H and O–H groups in total. The van der Waals surface area contributed by atoms with Crippen LogP contribution in [0.25, 0.3) is 0 Å². The maximum atomic E-state index is 3.98. The van der Waals surface area contributed by atoms with Crippen molar-refractivity contribution in [3.05, 3.63) is 12.7 Å². The molecule has 0 aromatic rings. The molecule has 2 heteroatoms. The molecule has 102 valence electrons. The number of nitrogens with one attached hydrogen (secondary N) is 1. The average Bonchev–Trinajstić information content (AvgIpc) is 2.37. The van der Waals surface area contributed by atoms with Crippen molar-refractivity contribution in [2.24, 2.45) is 0 Å². The van der Waals surface area contributed by atoms with Crippen LogP contribution in [0.5, 0.6) is 0 Å². The van der Waals surface area contributed by atoms with Gasteiger partial charge >= 0.3 is 114 Å². The van der Waals surface area contributed by atoms with Gasteiger partial charge in [0.15, 0.2) is 0 Å². The van der Waals surface area contributed by atoms with Crippen LogP contribution in [-0.4, -0.2) is 25.2 Å². The number of hydrogen-bond donors (Lipinski definition) is 1. The molecule has 1 nitrogen and oxygen atoms in total. The first-order chi connectivity index (χ1) is 8.24. The minimum absolute atomic E-state index is 1.05. The van der Waals surface area contributed by atoms with Crippen molar-refractivity contribution in [1.29, 1.82) is 0 Å². The second-order valence-corrected chi connectivity index (χ2v) is 17.9. The number of unbranched alkanes of at least 4 members (excludes halogenated alkanes) is 3. The monoisotopic (exact) mass is 347 g/mol. The predicted octanol–water partition coefficient (Wildman–Crippen LogP) is 5.11. The first-order valence-corrected chi connectivity index (χ1v) is 15.1. The van der Waals surface area contributed by atoms with Crippen molar-refractivity contribution < 1.29 is 0 Å². The Labute approximate surface area is 114 Å². The van der Waals surface area contributed by atoms with E-state index in [2.05, 4.69) is 37.0 Å². The zero-order valence-corrected chi connectivity index (χ0v) is 15.2. The van der Waals surface area contributed by atoms with Crippen molar-refractivity contribution in [3.63, 3.8) is 0 Å². The van der Waals surface area contributed by atoms with Crippen LogP contribution in [0.3, 0.4) is 0 Å². The van der Waals surface area contributed by atoms with Crippen LogP contribution in [-0.2, 0) is 0 Å². The van der Waals surface area contributed by atoms with Gasteiger partial charge in [-0.1, -0.05) is 0 Å². The number of hydrogen-bond acceptors (Lipinski definition) is 1. The molecule has 0 aromatic carbocycles. The van der Waals surface area contributed by atoms with Crippen LogP contribution in [0.1, 0.15) is 59.3 Å². The number of rotatable bonds is 12. The summed E-state index contributed by atoms with van der Waals surface area (Å²) in [6.07, 6.45) is 10.4. The quantitative estimate of drug-likeness (QED) is 0.383. The normalized spacial score (nSPS) is 11.7. The molecule has 0 atom stereocenters. The van der Waals surface area contributed by atoms with E-state index >= 15 is 0 Å². The van der Waals surface area contributed by atoms with E-state index in [-0.39, 0.29) is 0 Å². The molecule has 0 saturated carbocycles. The van der Waals surface area contributed by atoms with E-state index in [1.807, 2.05) is 0 Å². The maximum absolute atomic E-state index is 3.98. The van der Waals surface area contributed by atoms with Crippen LogP contribution in [0.2, 0.25) is 13.3 Å². The van der Waals surface area contributed by atoms with Crippen molar-refractivity contribution >= 4 is 18.7 Å². The Morgan fingerprint density at radius 3 is 1.59 bits per heavy atom. The predicted molar refractivity (Wildman–Crippen MR) is 83.1 cm³/mol. The summed E-state index contributed by atoms with van der Waals surface area (Å²) < 4.78 is 8.60. The minimum atomic E-state index is -2.01. The molecule has 0 amide bonds. The molecule has 0 radical (unpaired) electrons. The summed E-state index contributed by atoms with van der Waals surface area (Å²) in [6.45, 7) is 11.9. The topological polar surface area (TPSA) is 12.0 Å². The molecule has 0 unspecified atom stereocenters. The molecule has 0 rings (SSSR count). The summed E-state index contributed by atoms with van der Waals surface area (Å²) in [4.78, 5) is 0. The van der Waals surface area contributed by atoms with Gasteiger partial charge in [-0.05, 0) is 0 Å². The van der Waals surface area contributed by atoms with Gasteiger partial charge < -0.3 is 0 Å². The van der Waals surface area contributed by atoms with Crippen molar-refractivity contribution in [2.45, 2.75) is 72.6 Å². The summed E-state index contributed by atoms with van der Waals surface area (Å²) in [5.74, 6) is 0. The first kappa shape index (κ1) is 17.5. The molecule has 0 aliphatic heterocycles. The van der Waals surface area contributed by atoms with Gasteiger partial charge in [0.05, 0.1) is 0 Å². The third-order valence-corrected chi connectivity index (χ3v) is 17.6. The third kappa shape index (κ3) is 8.25. The zero-order chi connectivity index (χ0) is 13.0. The fraction of sp³-hybridized carbons (Fsp3) is 0.867. The van der Waals surface area contributed by atoms with Gasteiger partial charge in [0, 0.05) is 0 Å². The second-order valence-electron chi connectivity index (χ2n) is 5.26. The first-order valence-electron chi connectivity index (χ1n) is 7.60. The van der Waals surface area contributed by atoms with E-state index < -0.39 is 18.7 Å². The SMILES string of the molecule is C=CC[NH][Sn]([CH2]CCC)([CH2]CCC)[CH2]CCC. The fourth-order valence-corrected chi connectivity index (χ4v) is 16.6. The van der Waals surface area contributed by atoms with Gasteiger partial charge in [0.25, 0.3) is 0 Å². The summed E-state index contributed by atoms with van der Waals surface area (Å²) in [5, 5.41) is 0. The van der Waals surface area contributed by atoms with Crippen LogP contribution in [0.4, 0.5) is 0 Å². The van der Waals surface area contributed by atoms with E-state index in [1.165, 1.54) is 38.5 Å².